The minimum absolute atomic E-state index is 0.00726. The van der Waals surface area contributed by atoms with Gasteiger partial charge in [-0.2, -0.15) is 0 Å². The highest BCUT2D eigenvalue weighted by molar-refractivity contribution is 5.94. The molecule has 43 heavy (non-hydrogen) atoms. The summed E-state index contributed by atoms with van der Waals surface area (Å²) in [5.41, 5.74) is 33.6. The van der Waals surface area contributed by atoms with Crippen molar-refractivity contribution in [2.75, 3.05) is 13.1 Å². The van der Waals surface area contributed by atoms with Crippen LogP contribution in [0.1, 0.15) is 51.5 Å². The van der Waals surface area contributed by atoms with Crippen LogP contribution >= 0.6 is 0 Å². The molecule has 0 aliphatic rings. The van der Waals surface area contributed by atoms with E-state index in [0.29, 0.717) is 24.9 Å². The van der Waals surface area contributed by atoms with Gasteiger partial charge in [0.25, 0.3) is 0 Å². The van der Waals surface area contributed by atoms with Gasteiger partial charge in [0.15, 0.2) is 11.9 Å². The van der Waals surface area contributed by atoms with Crippen LogP contribution in [-0.2, 0) is 25.6 Å². The second-order valence-corrected chi connectivity index (χ2v) is 10.6. The number of primary amides is 1. The molecule has 1 rings (SSSR count). The molecular formula is C27H47N11O5. The molecule has 1 aromatic carbocycles. The third-order valence-electron chi connectivity index (χ3n) is 6.26. The van der Waals surface area contributed by atoms with E-state index in [2.05, 4.69) is 25.9 Å². The first-order valence-electron chi connectivity index (χ1n) is 14.0. The number of rotatable bonds is 19. The fourth-order valence-electron chi connectivity index (χ4n) is 4.04. The normalized spacial score (nSPS) is 13.6. The number of benzene rings is 1. The summed E-state index contributed by atoms with van der Waals surface area (Å²) in [6.07, 6.45) is 1.50. The number of carbonyl (C=O) groups is 4. The standard InChI is InChI=1S/C27H47N11O5/c1-15(2)13-21(38-23(41)18(28)5-3-11-34-26(30)31)25(43)36-19(6-4-12-35-27(32)33)24(42)37-20(22(29)40)14-16-7-9-17(39)10-8-16/h7-10,15,18-21,39H,3-6,11-14,28H2,1-2H3,(H2,29,40)(H,36,43)(H,37,42)(H,38,41)(H4,30,31,34)(H4,32,33,35)/t18-,19-,20-,21+/m0/s1. The van der Waals surface area contributed by atoms with E-state index in [1.807, 2.05) is 13.8 Å². The van der Waals surface area contributed by atoms with E-state index in [1.165, 1.54) is 12.1 Å². The van der Waals surface area contributed by atoms with Crippen molar-refractivity contribution in [3.8, 4) is 5.75 Å². The molecule has 0 radical (unpaired) electrons. The summed E-state index contributed by atoms with van der Waals surface area (Å²) in [4.78, 5) is 59.5. The third-order valence-corrected chi connectivity index (χ3v) is 6.26. The number of nitrogens with one attached hydrogen (secondary N) is 3. The monoisotopic (exact) mass is 605 g/mol. The van der Waals surface area contributed by atoms with E-state index >= 15 is 0 Å². The zero-order chi connectivity index (χ0) is 32.5. The number of carbonyl (C=O) groups excluding carboxylic acids is 4. The van der Waals surface area contributed by atoms with Gasteiger partial charge in [0.05, 0.1) is 6.04 Å². The van der Waals surface area contributed by atoms with Gasteiger partial charge in [-0.1, -0.05) is 26.0 Å². The van der Waals surface area contributed by atoms with Gasteiger partial charge in [-0.25, -0.2) is 0 Å². The molecule has 0 spiro atoms. The molecule has 0 bridgehead atoms. The molecule has 0 aliphatic heterocycles. The number of phenolic OH excluding ortho intramolecular Hbond substituents is 1. The summed E-state index contributed by atoms with van der Waals surface area (Å²) in [6.45, 7) is 4.24. The Hall–Kier alpha value is -4.60. The molecule has 0 saturated carbocycles. The Bertz CT molecular complexity index is 1120. The topological polar surface area (TPSA) is 305 Å². The summed E-state index contributed by atoms with van der Waals surface area (Å²) in [7, 11) is 0. The van der Waals surface area contributed by atoms with Crippen LogP contribution < -0.4 is 50.4 Å². The number of nitrogens with zero attached hydrogens (tertiary/aromatic N) is 2. The first kappa shape index (κ1) is 36.4. The highest BCUT2D eigenvalue weighted by atomic mass is 16.3. The Morgan fingerprint density at radius 2 is 1.23 bits per heavy atom. The number of hydrogen-bond donors (Lipinski definition) is 10. The van der Waals surface area contributed by atoms with Crippen LogP contribution in [0.5, 0.6) is 5.75 Å². The zero-order valence-corrected chi connectivity index (χ0v) is 24.8. The number of amides is 4. The first-order valence-corrected chi connectivity index (χ1v) is 14.0. The number of guanidine groups is 2. The van der Waals surface area contributed by atoms with Crippen molar-refractivity contribution >= 4 is 35.5 Å². The van der Waals surface area contributed by atoms with Gasteiger partial charge in [0.1, 0.15) is 23.9 Å². The summed E-state index contributed by atoms with van der Waals surface area (Å²) in [5.74, 6) is -2.73. The fourth-order valence-corrected chi connectivity index (χ4v) is 4.04. The average molecular weight is 606 g/mol. The molecule has 0 saturated heterocycles. The molecule has 16 N–H and O–H groups in total. The first-order chi connectivity index (χ1) is 20.2. The van der Waals surface area contributed by atoms with E-state index in [9.17, 15) is 24.3 Å². The highest BCUT2D eigenvalue weighted by Gasteiger charge is 2.30. The maximum atomic E-state index is 13.4. The lowest BCUT2D eigenvalue weighted by Crippen LogP contribution is -2.58. The van der Waals surface area contributed by atoms with E-state index in [-0.39, 0.29) is 55.8 Å². The van der Waals surface area contributed by atoms with Crippen molar-refractivity contribution in [2.24, 2.45) is 50.3 Å². The smallest absolute Gasteiger partial charge is 0.243 e. The minimum Gasteiger partial charge on any atom is -0.508 e. The molecule has 240 valence electrons. The van der Waals surface area contributed by atoms with Gasteiger partial charge >= 0.3 is 0 Å². The number of aliphatic imine (C=N–C) groups is 2. The van der Waals surface area contributed by atoms with Crippen molar-refractivity contribution in [2.45, 2.75) is 76.5 Å². The second-order valence-electron chi connectivity index (χ2n) is 10.6. The maximum absolute atomic E-state index is 13.4. The maximum Gasteiger partial charge on any atom is 0.243 e. The second kappa shape index (κ2) is 18.8. The number of nitrogens with two attached hydrogens (primary N) is 6. The minimum atomic E-state index is -1.11. The molecule has 4 amide bonds. The lowest BCUT2D eigenvalue weighted by Gasteiger charge is -2.26. The van der Waals surface area contributed by atoms with Crippen LogP contribution in [0.2, 0.25) is 0 Å². The summed E-state index contributed by atoms with van der Waals surface area (Å²) in [6, 6.07) is 1.97. The number of phenols is 1. The van der Waals surface area contributed by atoms with Crippen LogP contribution in [0.3, 0.4) is 0 Å². The molecule has 0 fully saturated rings. The van der Waals surface area contributed by atoms with Crippen molar-refractivity contribution < 1.29 is 24.3 Å². The van der Waals surface area contributed by atoms with Gasteiger partial charge in [-0.3, -0.25) is 29.2 Å². The van der Waals surface area contributed by atoms with Gasteiger partial charge in [-0.15, -0.1) is 0 Å². The molecule has 0 unspecified atom stereocenters. The molecule has 0 aromatic heterocycles. The Morgan fingerprint density at radius 3 is 1.74 bits per heavy atom. The number of aromatic hydroxyl groups is 1. The zero-order valence-electron chi connectivity index (χ0n) is 24.8. The van der Waals surface area contributed by atoms with Crippen LogP contribution in [0.4, 0.5) is 0 Å². The van der Waals surface area contributed by atoms with E-state index in [0.717, 1.165) is 0 Å². The lowest BCUT2D eigenvalue weighted by molar-refractivity contribution is -0.134. The van der Waals surface area contributed by atoms with Crippen LogP contribution in [0.25, 0.3) is 0 Å². The van der Waals surface area contributed by atoms with Crippen LogP contribution in [0, 0.1) is 5.92 Å². The summed E-state index contributed by atoms with van der Waals surface area (Å²) < 4.78 is 0. The Labute approximate surface area is 251 Å². The Balaban J connectivity index is 3.04. The van der Waals surface area contributed by atoms with Crippen molar-refractivity contribution in [1.29, 1.82) is 0 Å². The van der Waals surface area contributed by atoms with E-state index < -0.39 is 47.8 Å². The molecule has 4 atom stereocenters. The van der Waals surface area contributed by atoms with E-state index in [4.69, 9.17) is 34.4 Å². The molecule has 1 aromatic rings. The fraction of sp³-hybridized carbons (Fsp3) is 0.556. The Morgan fingerprint density at radius 1 is 0.744 bits per heavy atom. The van der Waals surface area contributed by atoms with Gasteiger partial charge in [-0.05, 0) is 55.7 Å². The lowest BCUT2D eigenvalue weighted by atomic mass is 10.0. The summed E-state index contributed by atoms with van der Waals surface area (Å²) in [5, 5.41) is 17.5. The molecule has 0 heterocycles. The molecule has 16 nitrogen and oxygen atoms in total. The predicted molar refractivity (Wildman–Crippen MR) is 164 cm³/mol. The van der Waals surface area contributed by atoms with Gasteiger partial charge in [0, 0.05) is 19.5 Å². The van der Waals surface area contributed by atoms with Crippen molar-refractivity contribution in [3.63, 3.8) is 0 Å². The number of hydrogen-bond acceptors (Lipinski definition) is 8. The molecule has 0 aliphatic carbocycles. The van der Waals surface area contributed by atoms with Crippen molar-refractivity contribution in [3.05, 3.63) is 29.8 Å². The molecule has 16 heteroatoms. The van der Waals surface area contributed by atoms with Crippen molar-refractivity contribution in [1.82, 2.24) is 16.0 Å². The highest BCUT2D eigenvalue weighted by Crippen LogP contribution is 2.12. The third kappa shape index (κ3) is 15.3. The summed E-state index contributed by atoms with van der Waals surface area (Å²) >= 11 is 0. The molecular weight excluding hydrogens is 558 g/mol. The van der Waals surface area contributed by atoms with Crippen LogP contribution in [-0.4, -0.2) is 77.9 Å². The SMILES string of the molecule is CC(C)C[C@@H](NC(=O)[C@@H](N)CCCN=C(N)N)C(=O)N[C@@H](CCCN=C(N)N)C(=O)N[C@@H](Cc1ccc(O)cc1)C(N)=O. The predicted octanol–water partition coefficient (Wildman–Crippen LogP) is -2.65. The van der Waals surface area contributed by atoms with Gasteiger partial charge < -0.3 is 55.5 Å². The van der Waals surface area contributed by atoms with E-state index in [1.54, 1.807) is 12.1 Å². The average Bonchev–Trinajstić information content (AvgIpc) is 2.92. The van der Waals surface area contributed by atoms with Crippen LogP contribution in [0.15, 0.2) is 34.3 Å². The Kier molecular flexibility index (Phi) is 15.9. The quantitative estimate of drug-likeness (QED) is 0.0443. The largest absolute Gasteiger partial charge is 0.508 e. The van der Waals surface area contributed by atoms with Gasteiger partial charge in [0.2, 0.25) is 23.6 Å².